The Labute approximate surface area is 204 Å². The average Bonchev–Trinajstić information content (AvgIpc) is 2.83. The molecule has 2 aromatic carbocycles. The van der Waals surface area contributed by atoms with E-state index < -0.39 is 53.6 Å². The number of aliphatic carboxylic acids is 1. The Morgan fingerprint density at radius 1 is 0.722 bits per heavy atom. The van der Waals surface area contributed by atoms with Crippen molar-refractivity contribution in [2.75, 3.05) is 0 Å². The first-order valence-corrected chi connectivity index (χ1v) is 10.8. The Kier molecular flexibility index (Phi) is 8.18. The standard InChI is InChI=1S/C25H24O11/c26-16-5-1-13(9-18(16)28)3-7-22(30)35-20-11-15(25(33)34)12-21(24(20)32)36-23(31)8-4-14-2-6-17(27)19(29)10-14/h1-10,15,20-21,24,26-29,32H,11-12H2,(H,33,34)/b7-3+,8-4+/t15?,20-,21-,24?/m1/s1. The normalized spacial score (nSPS) is 21.9. The third-order valence-corrected chi connectivity index (χ3v) is 5.50. The minimum atomic E-state index is -1.49. The van der Waals surface area contributed by atoms with Gasteiger partial charge in [-0.15, -0.1) is 0 Å². The lowest BCUT2D eigenvalue weighted by Gasteiger charge is -2.36. The van der Waals surface area contributed by atoms with Crippen LogP contribution in [0.1, 0.15) is 24.0 Å². The molecule has 0 aliphatic heterocycles. The molecule has 1 aliphatic rings. The van der Waals surface area contributed by atoms with Crippen LogP contribution in [-0.2, 0) is 23.9 Å². The van der Waals surface area contributed by atoms with Gasteiger partial charge in [0.15, 0.2) is 23.0 Å². The van der Waals surface area contributed by atoms with Crippen LogP contribution in [0.5, 0.6) is 23.0 Å². The average molecular weight is 500 g/mol. The van der Waals surface area contributed by atoms with E-state index in [-0.39, 0.29) is 24.3 Å². The number of carbonyl (C=O) groups excluding carboxylic acids is 2. The molecule has 36 heavy (non-hydrogen) atoms. The molecule has 11 nitrogen and oxygen atoms in total. The summed E-state index contributed by atoms with van der Waals surface area (Å²) in [6, 6.07) is 7.71. The van der Waals surface area contributed by atoms with Crippen LogP contribution >= 0.6 is 0 Å². The largest absolute Gasteiger partial charge is 0.504 e. The van der Waals surface area contributed by atoms with E-state index in [9.17, 15) is 45.0 Å². The van der Waals surface area contributed by atoms with Crippen LogP contribution < -0.4 is 0 Å². The van der Waals surface area contributed by atoms with Crippen molar-refractivity contribution in [2.24, 2.45) is 5.92 Å². The van der Waals surface area contributed by atoms with Crippen LogP contribution in [0, 0.1) is 5.92 Å². The molecule has 11 heteroatoms. The summed E-state index contributed by atoms with van der Waals surface area (Å²) in [5.74, 6) is -5.54. The van der Waals surface area contributed by atoms with Crippen LogP contribution in [0.2, 0.25) is 0 Å². The Morgan fingerprint density at radius 2 is 1.14 bits per heavy atom. The van der Waals surface area contributed by atoms with Crippen molar-refractivity contribution in [3.05, 3.63) is 59.7 Å². The van der Waals surface area contributed by atoms with Gasteiger partial charge in [-0.1, -0.05) is 12.1 Å². The first kappa shape index (κ1) is 26.1. The number of esters is 2. The van der Waals surface area contributed by atoms with Crippen molar-refractivity contribution in [3.8, 4) is 23.0 Å². The molecule has 1 saturated carbocycles. The van der Waals surface area contributed by atoms with Crippen molar-refractivity contribution in [3.63, 3.8) is 0 Å². The fourth-order valence-corrected chi connectivity index (χ4v) is 3.61. The Morgan fingerprint density at radius 3 is 1.50 bits per heavy atom. The molecule has 2 atom stereocenters. The van der Waals surface area contributed by atoms with Gasteiger partial charge in [0.05, 0.1) is 5.92 Å². The van der Waals surface area contributed by atoms with Gasteiger partial charge in [0, 0.05) is 25.0 Å². The van der Waals surface area contributed by atoms with Gasteiger partial charge in [0.2, 0.25) is 0 Å². The quantitative estimate of drug-likeness (QED) is 0.185. The van der Waals surface area contributed by atoms with Crippen molar-refractivity contribution >= 4 is 30.1 Å². The number of benzene rings is 2. The van der Waals surface area contributed by atoms with Crippen LogP contribution in [0.3, 0.4) is 0 Å². The maximum atomic E-state index is 12.3. The van der Waals surface area contributed by atoms with Crippen LogP contribution in [0.15, 0.2) is 48.6 Å². The maximum absolute atomic E-state index is 12.3. The zero-order valence-corrected chi connectivity index (χ0v) is 18.7. The van der Waals surface area contributed by atoms with E-state index in [1.54, 1.807) is 0 Å². The minimum Gasteiger partial charge on any atom is -0.504 e. The SMILES string of the molecule is O=C(/C=C/c1ccc(O)c(O)c1)O[C@@H]1CC(C(=O)O)C[C@@H](OC(=O)/C=C/c2ccc(O)c(O)c2)C1O. The van der Waals surface area contributed by atoms with Crippen LogP contribution in [-0.4, -0.2) is 66.9 Å². The van der Waals surface area contributed by atoms with Gasteiger partial charge in [0.25, 0.3) is 0 Å². The predicted molar refractivity (Wildman–Crippen MR) is 124 cm³/mol. The van der Waals surface area contributed by atoms with Gasteiger partial charge < -0.3 is 40.1 Å². The van der Waals surface area contributed by atoms with E-state index in [4.69, 9.17) is 9.47 Å². The molecule has 0 saturated heterocycles. The highest BCUT2D eigenvalue weighted by Crippen LogP contribution is 2.31. The first-order chi connectivity index (χ1) is 17.0. The third kappa shape index (κ3) is 6.76. The number of carboxylic acid groups (broad SMARTS) is 1. The zero-order valence-electron chi connectivity index (χ0n) is 18.7. The fraction of sp³-hybridized carbons (Fsp3) is 0.240. The number of hydrogen-bond donors (Lipinski definition) is 6. The Balaban J connectivity index is 1.66. The number of phenolic OH excluding ortho intramolecular Hbond substituents is 4. The molecule has 0 bridgehead atoms. The second-order valence-corrected chi connectivity index (χ2v) is 8.11. The summed E-state index contributed by atoms with van der Waals surface area (Å²) in [6.45, 7) is 0. The molecule has 0 radical (unpaired) electrons. The van der Waals surface area contributed by atoms with Crippen molar-refractivity contribution in [1.29, 1.82) is 0 Å². The molecule has 0 spiro atoms. The number of carbonyl (C=O) groups is 3. The van der Waals surface area contributed by atoms with Gasteiger partial charge in [-0.05, 0) is 47.5 Å². The highest BCUT2D eigenvalue weighted by molar-refractivity contribution is 5.88. The lowest BCUT2D eigenvalue weighted by Crippen LogP contribution is -2.49. The number of hydrogen-bond acceptors (Lipinski definition) is 10. The van der Waals surface area contributed by atoms with Gasteiger partial charge in [-0.3, -0.25) is 4.79 Å². The van der Waals surface area contributed by atoms with Crippen LogP contribution in [0.25, 0.3) is 12.2 Å². The topological polar surface area (TPSA) is 191 Å². The van der Waals surface area contributed by atoms with Gasteiger partial charge >= 0.3 is 17.9 Å². The Bertz CT molecular complexity index is 1110. The third-order valence-electron chi connectivity index (χ3n) is 5.50. The van der Waals surface area contributed by atoms with E-state index >= 15 is 0 Å². The first-order valence-electron chi connectivity index (χ1n) is 10.8. The van der Waals surface area contributed by atoms with E-state index in [1.165, 1.54) is 48.6 Å². The second-order valence-electron chi connectivity index (χ2n) is 8.11. The molecule has 0 amide bonds. The monoisotopic (exact) mass is 500 g/mol. The summed E-state index contributed by atoms with van der Waals surface area (Å²) >= 11 is 0. The highest BCUT2D eigenvalue weighted by atomic mass is 16.6. The zero-order chi connectivity index (χ0) is 26.4. The van der Waals surface area contributed by atoms with Gasteiger partial charge in [0.1, 0.15) is 18.3 Å². The molecule has 6 N–H and O–H groups in total. The summed E-state index contributed by atoms with van der Waals surface area (Å²) in [5.41, 5.74) is 0.741. The molecule has 190 valence electrons. The fourth-order valence-electron chi connectivity index (χ4n) is 3.61. The van der Waals surface area contributed by atoms with Crippen molar-refractivity contribution in [1.82, 2.24) is 0 Å². The number of phenols is 4. The lowest BCUT2D eigenvalue weighted by atomic mass is 9.83. The molecule has 3 rings (SSSR count). The second kappa shape index (κ2) is 11.3. The summed E-state index contributed by atoms with van der Waals surface area (Å²) in [5, 5.41) is 57.8. The number of aromatic hydroxyl groups is 4. The van der Waals surface area contributed by atoms with E-state index in [2.05, 4.69) is 0 Å². The summed E-state index contributed by atoms with van der Waals surface area (Å²) in [7, 11) is 0. The van der Waals surface area contributed by atoms with E-state index in [0.29, 0.717) is 11.1 Å². The molecular weight excluding hydrogens is 476 g/mol. The summed E-state index contributed by atoms with van der Waals surface area (Å²) in [4.78, 5) is 36.1. The Hall–Kier alpha value is -4.51. The minimum absolute atomic E-state index is 0.202. The highest BCUT2D eigenvalue weighted by Gasteiger charge is 2.43. The van der Waals surface area contributed by atoms with Crippen LogP contribution in [0.4, 0.5) is 0 Å². The van der Waals surface area contributed by atoms with Crippen molar-refractivity contribution < 1.29 is 54.5 Å². The molecule has 0 heterocycles. The molecular formula is C25H24O11. The summed E-state index contributed by atoms with van der Waals surface area (Å²) in [6.07, 6.45) is 0.121. The van der Waals surface area contributed by atoms with Gasteiger partial charge in [-0.2, -0.15) is 0 Å². The number of ether oxygens (including phenoxy) is 2. The molecule has 0 unspecified atom stereocenters. The maximum Gasteiger partial charge on any atom is 0.331 e. The number of carboxylic acids is 1. The predicted octanol–water partition coefficient (Wildman–Crippen LogP) is 1.91. The summed E-state index contributed by atoms with van der Waals surface area (Å²) < 4.78 is 10.4. The molecule has 1 fully saturated rings. The van der Waals surface area contributed by atoms with Gasteiger partial charge in [-0.25, -0.2) is 9.59 Å². The number of aliphatic hydroxyl groups is 1. The number of rotatable bonds is 7. The molecule has 0 aromatic heterocycles. The molecule has 2 aromatic rings. The molecule has 1 aliphatic carbocycles. The van der Waals surface area contributed by atoms with Crippen molar-refractivity contribution in [2.45, 2.75) is 31.2 Å². The number of aliphatic hydroxyl groups excluding tert-OH is 1. The van der Waals surface area contributed by atoms with E-state index in [1.807, 2.05) is 0 Å². The van der Waals surface area contributed by atoms with E-state index in [0.717, 1.165) is 12.2 Å². The smallest absolute Gasteiger partial charge is 0.331 e. The lowest BCUT2D eigenvalue weighted by molar-refractivity contribution is -0.180.